The van der Waals surface area contributed by atoms with Crippen molar-refractivity contribution in [1.82, 2.24) is 0 Å². The summed E-state index contributed by atoms with van der Waals surface area (Å²) in [5.74, 6) is 0. The van der Waals surface area contributed by atoms with Gasteiger partial charge in [-0.05, 0) is 18.6 Å². The second kappa shape index (κ2) is 4.19. The van der Waals surface area contributed by atoms with Crippen LogP contribution >= 0.6 is 50.7 Å². The van der Waals surface area contributed by atoms with Gasteiger partial charge in [-0.3, -0.25) is 0 Å². The van der Waals surface area contributed by atoms with Gasteiger partial charge in [-0.25, -0.2) is 0 Å². The summed E-state index contributed by atoms with van der Waals surface area (Å²) in [7, 11) is 0. The number of rotatable bonds is 1. The molecule has 66 valence electrons. The molecule has 0 spiro atoms. The van der Waals surface area contributed by atoms with Gasteiger partial charge in [0.2, 0.25) is 0 Å². The molecule has 0 saturated carbocycles. The van der Waals surface area contributed by atoms with E-state index in [9.17, 15) is 0 Å². The lowest BCUT2D eigenvalue weighted by molar-refractivity contribution is 1.12. The maximum Gasteiger partial charge on any atom is 0.0781 e. The molecule has 0 aliphatic carbocycles. The summed E-state index contributed by atoms with van der Waals surface area (Å²) in [4.78, 5) is 0.180. The number of hydrogen-bond acceptors (Lipinski definition) is 0. The molecule has 0 aromatic heterocycles. The average Bonchev–Trinajstić information content (AvgIpc) is 2.00. The Morgan fingerprint density at radius 1 is 1.17 bits per heavy atom. The molecule has 1 rings (SSSR count). The third kappa shape index (κ3) is 2.08. The first-order valence-corrected chi connectivity index (χ1v) is 5.36. The SMILES string of the molecule is CC(Br)c1ccc(Cl)c(Cl)c1Cl. The summed E-state index contributed by atoms with van der Waals surface area (Å²) in [6.45, 7) is 1.98. The van der Waals surface area contributed by atoms with E-state index in [0.29, 0.717) is 15.1 Å². The largest absolute Gasteiger partial charge is 0.0841 e. The number of hydrogen-bond donors (Lipinski definition) is 0. The summed E-state index contributed by atoms with van der Waals surface area (Å²) < 4.78 is 0. The van der Waals surface area contributed by atoms with Gasteiger partial charge in [0, 0.05) is 4.83 Å². The minimum absolute atomic E-state index is 0.180. The summed E-state index contributed by atoms with van der Waals surface area (Å²) in [5.41, 5.74) is 0.950. The Morgan fingerprint density at radius 2 is 1.75 bits per heavy atom. The van der Waals surface area contributed by atoms with Crippen LogP contribution in [0.15, 0.2) is 12.1 Å². The Labute approximate surface area is 94.9 Å². The lowest BCUT2D eigenvalue weighted by Gasteiger charge is -2.08. The monoisotopic (exact) mass is 286 g/mol. The standard InChI is InChI=1S/C8H6BrCl3/c1-4(9)5-2-3-6(10)8(12)7(5)11/h2-4H,1H3. The van der Waals surface area contributed by atoms with Crippen molar-refractivity contribution in [1.29, 1.82) is 0 Å². The van der Waals surface area contributed by atoms with Crippen LogP contribution in [0.4, 0.5) is 0 Å². The van der Waals surface area contributed by atoms with Gasteiger partial charge in [0.1, 0.15) is 0 Å². The highest BCUT2D eigenvalue weighted by Crippen LogP contribution is 2.37. The Hall–Kier alpha value is 0.570. The molecule has 0 saturated heterocycles. The molecule has 12 heavy (non-hydrogen) atoms. The maximum atomic E-state index is 5.95. The lowest BCUT2D eigenvalue weighted by Crippen LogP contribution is -1.86. The van der Waals surface area contributed by atoms with Crippen molar-refractivity contribution in [3.05, 3.63) is 32.8 Å². The number of alkyl halides is 1. The van der Waals surface area contributed by atoms with Gasteiger partial charge < -0.3 is 0 Å². The quantitative estimate of drug-likeness (QED) is 0.498. The van der Waals surface area contributed by atoms with E-state index in [0.717, 1.165) is 5.56 Å². The first-order chi connectivity index (χ1) is 5.54. The van der Waals surface area contributed by atoms with Crippen LogP contribution in [-0.2, 0) is 0 Å². The van der Waals surface area contributed by atoms with E-state index in [4.69, 9.17) is 34.8 Å². The first-order valence-electron chi connectivity index (χ1n) is 3.31. The van der Waals surface area contributed by atoms with Gasteiger partial charge in [0.05, 0.1) is 15.1 Å². The molecule has 0 fully saturated rings. The molecule has 0 amide bonds. The van der Waals surface area contributed by atoms with Crippen LogP contribution in [-0.4, -0.2) is 0 Å². The smallest absolute Gasteiger partial charge is 0.0781 e. The highest BCUT2D eigenvalue weighted by molar-refractivity contribution is 9.09. The molecule has 1 aromatic rings. The second-order valence-electron chi connectivity index (χ2n) is 2.38. The van der Waals surface area contributed by atoms with Crippen LogP contribution in [0.1, 0.15) is 17.3 Å². The molecule has 4 heteroatoms. The predicted molar refractivity (Wildman–Crippen MR) is 58.8 cm³/mol. The fraction of sp³-hybridized carbons (Fsp3) is 0.250. The van der Waals surface area contributed by atoms with Crippen LogP contribution in [0.2, 0.25) is 15.1 Å². The molecule has 1 atom stereocenters. The number of halogens is 4. The van der Waals surface area contributed by atoms with Crippen LogP contribution in [0.5, 0.6) is 0 Å². The van der Waals surface area contributed by atoms with Crippen molar-refractivity contribution < 1.29 is 0 Å². The molecule has 0 N–H and O–H groups in total. The zero-order chi connectivity index (χ0) is 9.30. The van der Waals surface area contributed by atoms with E-state index < -0.39 is 0 Å². The molecule has 0 heterocycles. The highest BCUT2D eigenvalue weighted by atomic mass is 79.9. The van der Waals surface area contributed by atoms with Gasteiger partial charge in [0.25, 0.3) is 0 Å². The Kier molecular flexibility index (Phi) is 3.72. The van der Waals surface area contributed by atoms with E-state index >= 15 is 0 Å². The van der Waals surface area contributed by atoms with Crippen LogP contribution in [0.3, 0.4) is 0 Å². The third-order valence-electron chi connectivity index (χ3n) is 1.49. The van der Waals surface area contributed by atoms with Gasteiger partial charge in [-0.2, -0.15) is 0 Å². The minimum atomic E-state index is 0.180. The molecule has 0 aliphatic rings. The van der Waals surface area contributed by atoms with E-state index in [1.165, 1.54) is 0 Å². The third-order valence-corrected chi connectivity index (χ3v) is 3.30. The van der Waals surface area contributed by atoms with Crippen LogP contribution < -0.4 is 0 Å². The Balaban J connectivity index is 3.27. The molecule has 0 aliphatic heterocycles. The van der Waals surface area contributed by atoms with Gasteiger partial charge >= 0.3 is 0 Å². The average molecular weight is 288 g/mol. The Morgan fingerprint density at radius 3 is 2.25 bits per heavy atom. The fourth-order valence-electron chi connectivity index (χ4n) is 0.848. The van der Waals surface area contributed by atoms with Crippen LogP contribution in [0.25, 0.3) is 0 Å². The highest BCUT2D eigenvalue weighted by Gasteiger charge is 2.11. The summed E-state index contributed by atoms with van der Waals surface area (Å²) in [6, 6.07) is 3.60. The molecule has 1 aromatic carbocycles. The molecular weight excluding hydrogens is 282 g/mol. The van der Waals surface area contributed by atoms with Crippen molar-refractivity contribution in [2.45, 2.75) is 11.8 Å². The second-order valence-corrected chi connectivity index (χ2v) is 4.92. The lowest BCUT2D eigenvalue weighted by atomic mass is 10.2. The van der Waals surface area contributed by atoms with Crippen molar-refractivity contribution in [2.75, 3.05) is 0 Å². The molecule has 0 radical (unpaired) electrons. The summed E-state index contributed by atoms with van der Waals surface area (Å²) >= 11 is 21.0. The zero-order valence-corrected chi connectivity index (χ0v) is 10.1. The fourth-order valence-corrected chi connectivity index (χ4v) is 2.07. The van der Waals surface area contributed by atoms with Crippen LogP contribution in [0, 0.1) is 0 Å². The van der Waals surface area contributed by atoms with Gasteiger partial charge in [-0.15, -0.1) is 0 Å². The number of benzene rings is 1. The summed E-state index contributed by atoms with van der Waals surface area (Å²) in [6.07, 6.45) is 0. The molecule has 1 unspecified atom stereocenters. The zero-order valence-electron chi connectivity index (χ0n) is 6.24. The maximum absolute atomic E-state index is 5.95. The van der Waals surface area contributed by atoms with E-state index in [-0.39, 0.29) is 4.83 Å². The first kappa shape index (κ1) is 10.6. The van der Waals surface area contributed by atoms with Gasteiger partial charge in [-0.1, -0.05) is 56.8 Å². The Bertz CT molecular complexity index is 297. The van der Waals surface area contributed by atoms with E-state index in [2.05, 4.69) is 15.9 Å². The van der Waals surface area contributed by atoms with E-state index in [1.54, 1.807) is 6.07 Å². The van der Waals surface area contributed by atoms with Crippen molar-refractivity contribution in [3.63, 3.8) is 0 Å². The summed E-state index contributed by atoms with van der Waals surface area (Å²) in [5, 5.41) is 1.43. The van der Waals surface area contributed by atoms with Crippen molar-refractivity contribution in [3.8, 4) is 0 Å². The normalized spacial score (nSPS) is 13.1. The van der Waals surface area contributed by atoms with Crippen molar-refractivity contribution in [2.24, 2.45) is 0 Å². The van der Waals surface area contributed by atoms with Gasteiger partial charge in [0.15, 0.2) is 0 Å². The molecule has 0 bridgehead atoms. The predicted octanol–water partition coefficient (Wildman–Crippen LogP) is 5.10. The van der Waals surface area contributed by atoms with E-state index in [1.807, 2.05) is 13.0 Å². The van der Waals surface area contributed by atoms with Crippen molar-refractivity contribution >= 4 is 50.7 Å². The molecule has 0 nitrogen and oxygen atoms in total. The molecular formula is C8H6BrCl3. The topological polar surface area (TPSA) is 0 Å². The minimum Gasteiger partial charge on any atom is -0.0841 e.